The van der Waals surface area contributed by atoms with Crippen LogP contribution < -0.4 is 0 Å². The van der Waals surface area contributed by atoms with Gasteiger partial charge in [0.2, 0.25) is 5.91 Å². The fraction of sp³-hybridized carbons (Fsp3) is 0.394. The number of hydrogen-bond donors (Lipinski definition) is 1. The zero-order chi connectivity index (χ0) is 31.0. The van der Waals surface area contributed by atoms with Gasteiger partial charge in [-0.3, -0.25) is 4.79 Å². The van der Waals surface area contributed by atoms with Crippen LogP contribution >= 0.6 is 0 Å². The van der Waals surface area contributed by atoms with Gasteiger partial charge in [0, 0.05) is 24.6 Å². The molecule has 0 radical (unpaired) electrons. The third-order valence-corrected chi connectivity index (χ3v) is 8.78. The van der Waals surface area contributed by atoms with E-state index in [1.54, 1.807) is 29.2 Å². The molecule has 1 aliphatic heterocycles. The molecular weight excluding hydrogens is 570 g/mol. The number of aliphatic hydroxyl groups is 1. The molecule has 0 bridgehead atoms. The van der Waals surface area contributed by atoms with Gasteiger partial charge in [-0.25, -0.2) is 0 Å². The highest BCUT2D eigenvalue weighted by Gasteiger charge is 2.71. The van der Waals surface area contributed by atoms with Gasteiger partial charge in [0.15, 0.2) is 0 Å². The summed E-state index contributed by atoms with van der Waals surface area (Å²) < 4.78 is 80.8. The van der Waals surface area contributed by atoms with Crippen LogP contribution in [0.4, 0.5) is 26.3 Å². The zero-order valence-electron chi connectivity index (χ0n) is 23.2. The number of nitriles is 1. The standard InChI is InChI=1S/C33H30F6N2O2/c34-32(35,36)31(43,33(37,38)39)27-14-12-24(13-15-27)29-20-41(30(42)16-21-8-10-22(18-40)11-9-21)19-26(29)17-25-6-3-5-23-4-1-2-7-28(23)25/h3,5-6,8-15,26,29,43H,1-2,4,7,16-17,19-20H2/t26-,29+/m1/s1. The molecule has 0 unspecified atom stereocenters. The van der Waals surface area contributed by atoms with Crippen LogP contribution in [0.15, 0.2) is 66.7 Å². The Morgan fingerprint density at radius 1 is 0.884 bits per heavy atom. The summed E-state index contributed by atoms with van der Waals surface area (Å²) in [6.45, 7) is 0.622. The molecule has 1 amide bonds. The Morgan fingerprint density at radius 2 is 1.53 bits per heavy atom. The molecule has 2 aliphatic rings. The maximum Gasteiger partial charge on any atom is 0.430 e. The Hall–Kier alpha value is -3.84. The number of likely N-dealkylation sites (tertiary alicyclic amines) is 1. The van der Waals surface area contributed by atoms with Gasteiger partial charge in [-0.2, -0.15) is 31.6 Å². The summed E-state index contributed by atoms with van der Waals surface area (Å²) in [7, 11) is 0. The van der Waals surface area contributed by atoms with Gasteiger partial charge in [-0.15, -0.1) is 0 Å². The summed E-state index contributed by atoms with van der Waals surface area (Å²) in [5, 5.41) is 18.9. The molecule has 3 aromatic carbocycles. The zero-order valence-corrected chi connectivity index (χ0v) is 23.2. The lowest BCUT2D eigenvalue weighted by molar-refractivity contribution is -0.376. The van der Waals surface area contributed by atoms with Crippen molar-refractivity contribution in [2.24, 2.45) is 5.92 Å². The second-order valence-electron chi connectivity index (χ2n) is 11.4. The van der Waals surface area contributed by atoms with Crippen LogP contribution in [0.5, 0.6) is 0 Å². The van der Waals surface area contributed by atoms with Crippen LogP contribution in [-0.4, -0.2) is 41.4 Å². The van der Waals surface area contributed by atoms with E-state index in [1.807, 2.05) is 12.1 Å². The Kier molecular flexibility index (Phi) is 8.32. The molecule has 2 atom stereocenters. The molecule has 43 heavy (non-hydrogen) atoms. The van der Waals surface area contributed by atoms with Gasteiger partial charge in [0.25, 0.3) is 5.60 Å². The third kappa shape index (κ3) is 6.00. The highest BCUT2D eigenvalue weighted by Crippen LogP contribution is 2.50. The second kappa shape index (κ2) is 11.7. The molecule has 1 fully saturated rings. The highest BCUT2D eigenvalue weighted by molar-refractivity contribution is 5.79. The number of carbonyl (C=O) groups is 1. The number of hydrogen-bond acceptors (Lipinski definition) is 3. The fourth-order valence-corrected chi connectivity index (χ4v) is 6.44. The molecule has 1 N–H and O–H groups in total. The molecule has 3 aromatic rings. The summed E-state index contributed by atoms with van der Waals surface area (Å²) in [6.07, 6.45) is -7.15. The Morgan fingerprint density at radius 3 is 2.16 bits per heavy atom. The SMILES string of the molecule is N#Cc1ccc(CC(=O)N2C[C@@H](Cc3cccc4c3CCCC4)[C@H](c3ccc(C(O)(C(F)(F)F)C(F)(F)F)cc3)C2)cc1. The number of benzene rings is 3. The summed E-state index contributed by atoms with van der Waals surface area (Å²) in [5.74, 6) is -0.635. The van der Waals surface area contributed by atoms with Crippen LogP contribution in [0, 0.1) is 17.2 Å². The molecule has 226 valence electrons. The van der Waals surface area contributed by atoms with Crippen molar-refractivity contribution in [3.8, 4) is 6.07 Å². The highest BCUT2D eigenvalue weighted by atomic mass is 19.4. The predicted molar refractivity (Wildman–Crippen MR) is 147 cm³/mol. The first-order chi connectivity index (χ1) is 20.3. The molecule has 4 nitrogen and oxygen atoms in total. The number of alkyl halides is 6. The maximum absolute atomic E-state index is 13.5. The van der Waals surface area contributed by atoms with E-state index in [4.69, 9.17) is 5.26 Å². The largest absolute Gasteiger partial charge is 0.430 e. The number of carbonyl (C=O) groups excluding carboxylic acids is 1. The lowest BCUT2D eigenvalue weighted by Gasteiger charge is -2.33. The topological polar surface area (TPSA) is 64.3 Å². The summed E-state index contributed by atoms with van der Waals surface area (Å²) in [5.41, 5.74) is -0.899. The van der Waals surface area contributed by atoms with E-state index in [-0.39, 0.29) is 30.7 Å². The van der Waals surface area contributed by atoms with Crippen LogP contribution in [0.1, 0.15) is 57.7 Å². The molecule has 0 spiro atoms. The number of rotatable bonds is 6. The normalized spacial score (nSPS) is 19.2. The van der Waals surface area contributed by atoms with Crippen molar-refractivity contribution in [1.82, 2.24) is 4.90 Å². The van der Waals surface area contributed by atoms with Crippen molar-refractivity contribution in [1.29, 1.82) is 5.26 Å². The summed E-state index contributed by atoms with van der Waals surface area (Å²) in [4.78, 5) is 15.1. The van der Waals surface area contributed by atoms with Gasteiger partial charge in [-0.05, 0) is 78.0 Å². The monoisotopic (exact) mass is 600 g/mol. The second-order valence-corrected chi connectivity index (χ2v) is 11.4. The first-order valence-corrected chi connectivity index (χ1v) is 14.1. The number of aryl methyl sites for hydroxylation is 1. The lowest BCUT2D eigenvalue weighted by Crippen LogP contribution is -2.53. The molecule has 0 aromatic heterocycles. The molecule has 1 heterocycles. The van der Waals surface area contributed by atoms with Gasteiger partial charge in [0.05, 0.1) is 18.1 Å². The van der Waals surface area contributed by atoms with Crippen LogP contribution in [-0.2, 0) is 36.1 Å². The van der Waals surface area contributed by atoms with E-state index in [0.717, 1.165) is 36.8 Å². The average Bonchev–Trinajstić information content (AvgIpc) is 3.40. The average molecular weight is 601 g/mol. The van der Waals surface area contributed by atoms with E-state index in [1.165, 1.54) is 23.3 Å². The van der Waals surface area contributed by atoms with E-state index < -0.39 is 23.5 Å². The minimum atomic E-state index is -5.97. The van der Waals surface area contributed by atoms with Gasteiger partial charge in [0.1, 0.15) is 0 Å². The third-order valence-electron chi connectivity index (χ3n) is 8.78. The van der Waals surface area contributed by atoms with Crippen molar-refractivity contribution in [3.05, 3.63) is 106 Å². The van der Waals surface area contributed by atoms with Crippen LogP contribution in [0.25, 0.3) is 0 Å². The first-order valence-electron chi connectivity index (χ1n) is 14.1. The molecular formula is C33H30F6N2O2. The van der Waals surface area contributed by atoms with Gasteiger partial charge < -0.3 is 10.0 Å². The number of fused-ring (bicyclic) bond motifs is 1. The van der Waals surface area contributed by atoms with Crippen molar-refractivity contribution in [3.63, 3.8) is 0 Å². The Bertz CT molecular complexity index is 1490. The maximum atomic E-state index is 13.5. The smallest absolute Gasteiger partial charge is 0.369 e. The number of amides is 1. The number of nitrogens with zero attached hydrogens (tertiary/aromatic N) is 2. The first kappa shape index (κ1) is 30.6. The van der Waals surface area contributed by atoms with Crippen molar-refractivity contribution in [2.45, 2.75) is 62.4 Å². The summed E-state index contributed by atoms with van der Waals surface area (Å²) >= 11 is 0. The van der Waals surface area contributed by atoms with E-state index in [9.17, 15) is 36.2 Å². The van der Waals surface area contributed by atoms with Crippen LogP contribution in [0.2, 0.25) is 0 Å². The molecule has 10 heteroatoms. The summed E-state index contributed by atoms with van der Waals surface area (Å²) in [6, 6.07) is 18.6. The minimum Gasteiger partial charge on any atom is -0.369 e. The van der Waals surface area contributed by atoms with E-state index in [0.29, 0.717) is 36.2 Å². The quantitative estimate of drug-likeness (QED) is 0.318. The number of halogens is 6. The minimum absolute atomic E-state index is 0.0923. The molecule has 1 aliphatic carbocycles. The Labute approximate surface area is 245 Å². The predicted octanol–water partition coefficient (Wildman–Crippen LogP) is 6.78. The fourth-order valence-electron chi connectivity index (χ4n) is 6.44. The lowest BCUT2D eigenvalue weighted by atomic mass is 9.80. The van der Waals surface area contributed by atoms with Crippen molar-refractivity contribution < 1.29 is 36.2 Å². The molecule has 0 saturated carbocycles. The van der Waals surface area contributed by atoms with Gasteiger partial charge in [-0.1, -0.05) is 54.6 Å². The van der Waals surface area contributed by atoms with Crippen molar-refractivity contribution >= 4 is 5.91 Å². The van der Waals surface area contributed by atoms with Crippen LogP contribution in [0.3, 0.4) is 0 Å². The van der Waals surface area contributed by atoms with E-state index >= 15 is 0 Å². The van der Waals surface area contributed by atoms with Crippen molar-refractivity contribution in [2.75, 3.05) is 13.1 Å². The van der Waals surface area contributed by atoms with Gasteiger partial charge >= 0.3 is 12.4 Å². The Balaban J connectivity index is 1.44. The molecule has 1 saturated heterocycles. The molecule has 5 rings (SSSR count). The van der Waals surface area contributed by atoms with E-state index in [2.05, 4.69) is 12.1 Å².